The van der Waals surface area contributed by atoms with E-state index in [9.17, 15) is 0 Å². The first-order valence-corrected chi connectivity index (χ1v) is 13.3. The summed E-state index contributed by atoms with van der Waals surface area (Å²) in [4.78, 5) is 17.2. The fourth-order valence-corrected chi connectivity index (χ4v) is 7.18. The largest absolute Gasteiger partial charge is 0.356 e. The normalized spacial score (nSPS) is 28.4. The number of hydrogen-bond acceptors (Lipinski definition) is 6. The highest BCUT2D eigenvalue weighted by atomic mass is 32.2. The van der Waals surface area contributed by atoms with Crippen LogP contribution in [-0.4, -0.2) is 75.7 Å². The molecule has 31 heavy (non-hydrogen) atoms. The van der Waals surface area contributed by atoms with Crippen molar-refractivity contribution in [1.82, 2.24) is 24.2 Å². The molecule has 2 saturated heterocycles. The van der Waals surface area contributed by atoms with Crippen LogP contribution in [0, 0.1) is 11.8 Å². The number of H-pyrrole nitrogens is 1. The van der Waals surface area contributed by atoms with Crippen molar-refractivity contribution in [1.29, 1.82) is 0 Å². The summed E-state index contributed by atoms with van der Waals surface area (Å²) in [5.41, 5.74) is 0.937. The first kappa shape index (κ1) is 21.5. The third-order valence-corrected chi connectivity index (χ3v) is 9.04. The second-order valence-corrected chi connectivity index (χ2v) is 11.0. The summed E-state index contributed by atoms with van der Waals surface area (Å²) < 4.78 is 2.70. The van der Waals surface area contributed by atoms with Crippen LogP contribution in [0.5, 0.6) is 0 Å². The summed E-state index contributed by atoms with van der Waals surface area (Å²) in [6.45, 7) is 6.61. The number of nitrogens with zero attached hydrogens (tertiary/aromatic N) is 5. The number of rotatable bonds is 7. The number of piperidine rings is 1. The molecule has 5 rings (SSSR count). The van der Waals surface area contributed by atoms with Gasteiger partial charge in [0.1, 0.15) is 17.8 Å². The Morgan fingerprint density at radius 1 is 1.03 bits per heavy atom. The second-order valence-electron chi connectivity index (χ2n) is 9.92. The average Bonchev–Trinajstić information content (AvgIpc) is 3.50. The lowest BCUT2D eigenvalue weighted by atomic mass is 9.86. The second kappa shape index (κ2) is 10.1. The lowest BCUT2D eigenvalue weighted by Crippen LogP contribution is -2.38. The maximum Gasteiger partial charge on any atom is 0.142 e. The van der Waals surface area contributed by atoms with Gasteiger partial charge in [0, 0.05) is 44.7 Å². The first-order valence-electron chi connectivity index (χ1n) is 12.4. The van der Waals surface area contributed by atoms with Gasteiger partial charge in [0.25, 0.3) is 0 Å². The van der Waals surface area contributed by atoms with Gasteiger partial charge in [-0.2, -0.15) is 0 Å². The lowest BCUT2D eigenvalue weighted by molar-refractivity contribution is 0.207. The average molecular weight is 443 g/mol. The molecule has 1 N–H and O–H groups in total. The molecule has 2 aromatic rings. The molecule has 170 valence electrons. The van der Waals surface area contributed by atoms with E-state index in [1.54, 1.807) is 6.33 Å². The van der Waals surface area contributed by atoms with E-state index < -0.39 is 0 Å². The van der Waals surface area contributed by atoms with Crippen LogP contribution in [0.1, 0.15) is 51.4 Å². The van der Waals surface area contributed by atoms with E-state index in [0.717, 1.165) is 28.7 Å². The van der Waals surface area contributed by atoms with E-state index in [1.165, 1.54) is 89.8 Å². The number of hydrogen-bond donors (Lipinski definition) is 1. The third-order valence-electron chi connectivity index (χ3n) is 7.72. The van der Waals surface area contributed by atoms with Gasteiger partial charge in [-0.1, -0.05) is 11.9 Å². The Hall–Kier alpha value is -1.31. The van der Waals surface area contributed by atoms with Crippen molar-refractivity contribution >= 4 is 28.8 Å². The van der Waals surface area contributed by atoms with Crippen molar-refractivity contribution < 1.29 is 0 Å². The molecule has 0 amide bonds. The molecule has 2 aliphatic heterocycles. The molecule has 1 saturated carbocycles. The van der Waals surface area contributed by atoms with Gasteiger partial charge in [0.05, 0.1) is 5.39 Å². The molecule has 0 bridgehead atoms. The smallest absolute Gasteiger partial charge is 0.142 e. The van der Waals surface area contributed by atoms with E-state index in [1.807, 2.05) is 6.20 Å². The minimum Gasteiger partial charge on any atom is -0.356 e. The molecular weight excluding hydrogens is 404 g/mol. The summed E-state index contributed by atoms with van der Waals surface area (Å²) in [5.74, 6) is 4.14. The number of anilines is 1. The van der Waals surface area contributed by atoms with Crippen LogP contribution in [0.25, 0.3) is 11.0 Å². The molecule has 4 heterocycles. The van der Waals surface area contributed by atoms with Crippen molar-refractivity contribution in [3.05, 3.63) is 18.6 Å². The quantitative estimate of drug-likeness (QED) is 0.641. The van der Waals surface area contributed by atoms with Crippen LogP contribution >= 0.6 is 11.9 Å². The molecule has 1 atom stereocenters. The molecule has 3 aliphatic rings. The zero-order valence-corrected chi connectivity index (χ0v) is 19.8. The highest BCUT2D eigenvalue weighted by Crippen LogP contribution is 2.34. The van der Waals surface area contributed by atoms with Crippen molar-refractivity contribution in [2.24, 2.45) is 11.8 Å². The molecule has 0 spiro atoms. The number of likely N-dealkylation sites (tertiary alicyclic amines) is 1. The molecule has 7 heteroatoms. The van der Waals surface area contributed by atoms with Gasteiger partial charge >= 0.3 is 0 Å². The summed E-state index contributed by atoms with van der Waals surface area (Å²) in [5, 5.41) is 1.14. The molecule has 1 unspecified atom stereocenters. The van der Waals surface area contributed by atoms with Crippen molar-refractivity contribution in [2.45, 2.75) is 57.4 Å². The first-order chi connectivity index (χ1) is 15.3. The summed E-state index contributed by atoms with van der Waals surface area (Å²) in [6, 6.07) is 2.69. The number of nitrogens with one attached hydrogen (secondary N) is 1. The Kier molecular flexibility index (Phi) is 7.01. The van der Waals surface area contributed by atoms with Gasteiger partial charge in [0.15, 0.2) is 0 Å². The van der Waals surface area contributed by atoms with Crippen LogP contribution in [-0.2, 0) is 0 Å². The van der Waals surface area contributed by atoms with Crippen LogP contribution in [0.2, 0.25) is 0 Å². The molecule has 1 aliphatic carbocycles. The van der Waals surface area contributed by atoms with E-state index in [-0.39, 0.29) is 0 Å². The zero-order valence-electron chi connectivity index (χ0n) is 19.0. The Bertz CT molecular complexity index is 826. The minimum absolute atomic E-state index is 0.592. The van der Waals surface area contributed by atoms with E-state index in [0.29, 0.717) is 6.04 Å². The van der Waals surface area contributed by atoms with E-state index >= 15 is 0 Å². The minimum atomic E-state index is 0.592. The Morgan fingerprint density at radius 3 is 2.71 bits per heavy atom. The zero-order chi connectivity index (χ0) is 21.0. The monoisotopic (exact) mass is 442 g/mol. The molecule has 3 fully saturated rings. The van der Waals surface area contributed by atoms with E-state index in [2.05, 4.69) is 54.1 Å². The van der Waals surface area contributed by atoms with Gasteiger partial charge in [-0.15, -0.1) is 0 Å². The number of aromatic amines is 1. The maximum absolute atomic E-state index is 4.59. The molecular formula is C24H38N6S. The predicted octanol–water partition coefficient (Wildman–Crippen LogP) is 4.41. The third kappa shape index (κ3) is 5.20. The van der Waals surface area contributed by atoms with Gasteiger partial charge in [-0.05, 0) is 82.4 Å². The predicted molar refractivity (Wildman–Crippen MR) is 130 cm³/mol. The van der Waals surface area contributed by atoms with Crippen LogP contribution in [0.4, 0.5) is 5.82 Å². The lowest BCUT2D eigenvalue weighted by Gasteiger charge is -2.37. The van der Waals surface area contributed by atoms with Crippen molar-refractivity contribution in [3.8, 4) is 0 Å². The van der Waals surface area contributed by atoms with Crippen LogP contribution < -0.4 is 4.90 Å². The van der Waals surface area contributed by atoms with Crippen LogP contribution in [0.3, 0.4) is 0 Å². The summed E-state index contributed by atoms with van der Waals surface area (Å²) in [6.07, 6.45) is 14.5. The molecule has 6 nitrogen and oxygen atoms in total. The fraction of sp³-hybridized carbons (Fsp3) is 0.750. The van der Waals surface area contributed by atoms with Crippen molar-refractivity contribution in [3.63, 3.8) is 0 Å². The fourth-order valence-electron chi connectivity index (χ4n) is 5.85. The highest BCUT2D eigenvalue weighted by Gasteiger charge is 2.28. The van der Waals surface area contributed by atoms with Gasteiger partial charge in [0.2, 0.25) is 0 Å². The van der Waals surface area contributed by atoms with Gasteiger partial charge in [-0.25, -0.2) is 9.97 Å². The van der Waals surface area contributed by atoms with Gasteiger partial charge < -0.3 is 14.8 Å². The van der Waals surface area contributed by atoms with E-state index in [4.69, 9.17) is 0 Å². The highest BCUT2D eigenvalue weighted by molar-refractivity contribution is 7.97. The van der Waals surface area contributed by atoms with Gasteiger partial charge in [-0.3, -0.25) is 4.31 Å². The molecule has 0 radical (unpaired) electrons. The summed E-state index contributed by atoms with van der Waals surface area (Å²) >= 11 is 2.15. The summed E-state index contributed by atoms with van der Waals surface area (Å²) in [7, 11) is 2.21. The number of fused-ring (bicyclic) bond motifs is 1. The SMILES string of the molecule is CN(c1ncnc2[nH]ccc12)C1CCC(CSN2CCCC(CN3CCCC3)C2)CC1. The topological polar surface area (TPSA) is 51.3 Å². The molecule has 0 aromatic carbocycles. The number of aromatic nitrogens is 3. The Labute approximate surface area is 191 Å². The van der Waals surface area contributed by atoms with Crippen LogP contribution in [0.15, 0.2) is 18.6 Å². The van der Waals surface area contributed by atoms with Crippen molar-refractivity contribution in [2.75, 3.05) is 50.4 Å². The Morgan fingerprint density at radius 2 is 1.87 bits per heavy atom. The molecule has 2 aromatic heterocycles. The standard InChI is InChI=1S/C24H38N6S/c1-28(24-22-10-11-25-23(22)26-18-27-24)21-8-6-19(7-9-21)17-31-30-14-4-5-20(16-30)15-29-12-2-3-13-29/h10-11,18-21H,2-9,12-17H2,1H3,(H,25,26,27). The Balaban J connectivity index is 1.07. The maximum atomic E-state index is 4.59.